The Balaban J connectivity index is 1.33. The van der Waals surface area contributed by atoms with Crippen molar-refractivity contribution >= 4 is 23.4 Å². The second-order valence-corrected chi connectivity index (χ2v) is 10.8. The molecule has 0 radical (unpaired) electrons. The number of pyridine rings is 1. The number of ether oxygens (including phenoxy) is 3. The number of hydrogen-bond donors (Lipinski definition) is 0. The summed E-state index contributed by atoms with van der Waals surface area (Å²) >= 11 is 5.83. The van der Waals surface area contributed by atoms with Crippen molar-refractivity contribution in [1.29, 1.82) is 5.26 Å². The fourth-order valence-electron chi connectivity index (χ4n) is 4.26. The molecule has 10 heteroatoms. The Morgan fingerprint density at radius 1 is 1.31 bits per heavy atom. The van der Waals surface area contributed by atoms with Gasteiger partial charge in [-0.1, -0.05) is 17.7 Å². The number of likely N-dealkylation sites (tertiary alicyclic amines) is 1. The molecule has 192 valence electrons. The Morgan fingerprint density at radius 2 is 2.03 bits per heavy atom. The maximum atomic E-state index is 14.0. The molecule has 4 rings (SSSR count). The van der Waals surface area contributed by atoms with Crippen LogP contribution < -0.4 is 4.90 Å². The monoisotopic (exact) mass is 516 g/mol. The van der Waals surface area contributed by atoms with Gasteiger partial charge in [-0.15, -0.1) is 0 Å². The molecule has 8 nitrogen and oxygen atoms in total. The Bertz CT molecular complexity index is 1120. The number of anilines is 1. The first kappa shape index (κ1) is 26.1. The lowest BCUT2D eigenvalue weighted by atomic mass is 9.81. The van der Waals surface area contributed by atoms with E-state index in [0.717, 1.165) is 11.3 Å². The first-order chi connectivity index (χ1) is 17.1. The fourth-order valence-corrected chi connectivity index (χ4v) is 4.37. The molecule has 2 aliphatic rings. The SMILES string of the molecule is CC(C)(C)OC(=O)N1CC2(COC(CCN(Cc3ccc(Cl)c(F)c3)c3ccc(C#N)nc3)OC2)C1. The van der Waals surface area contributed by atoms with E-state index in [9.17, 15) is 9.18 Å². The van der Waals surface area contributed by atoms with E-state index in [-0.39, 0.29) is 16.5 Å². The van der Waals surface area contributed by atoms with Crippen molar-refractivity contribution in [3.8, 4) is 6.07 Å². The van der Waals surface area contributed by atoms with Crippen molar-refractivity contribution in [2.45, 2.75) is 45.6 Å². The normalized spacial score (nSPS) is 17.4. The highest BCUT2D eigenvalue weighted by atomic mass is 35.5. The summed E-state index contributed by atoms with van der Waals surface area (Å²) in [5, 5.41) is 9.13. The van der Waals surface area contributed by atoms with Gasteiger partial charge in [0.2, 0.25) is 0 Å². The standard InChI is InChI=1S/C26H30ClFN4O4/c1-25(2,3)36-24(33)32-14-26(15-32)16-34-23(35-17-26)8-9-31(20-6-5-19(11-29)30-12-20)13-18-4-7-21(27)22(28)10-18/h4-7,10,12,23H,8-9,13-17H2,1-3H3. The zero-order chi connectivity index (χ0) is 25.9. The van der Waals surface area contributed by atoms with Gasteiger partial charge in [-0.25, -0.2) is 14.2 Å². The van der Waals surface area contributed by atoms with E-state index in [1.54, 1.807) is 23.2 Å². The number of carbonyl (C=O) groups is 1. The van der Waals surface area contributed by atoms with Gasteiger partial charge in [0.1, 0.15) is 23.2 Å². The maximum Gasteiger partial charge on any atom is 0.410 e. The number of carbonyl (C=O) groups excluding carboxylic acids is 1. The van der Waals surface area contributed by atoms with Crippen molar-refractivity contribution in [2.75, 3.05) is 37.7 Å². The van der Waals surface area contributed by atoms with Gasteiger partial charge in [0, 0.05) is 32.6 Å². The second-order valence-electron chi connectivity index (χ2n) is 10.4. The van der Waals surface area contributed by atoms with E-state index in [0.29, 0.717) is 51.5 Å². The molecule has 0 N–H and O–H groups in total. The summed E-state index contributed by atoms with van der Waals surface area (Å²) in [5.74, 6) is -0.475. The number of nitrogens with zero attached hydrogens (tertiary/aromatic N) is 4. The Labute approximate surface area is 215 Å². The molecule has 2 aromatic rings. The molecule has 1 spiro atoms. The maximum absolute atomic E-state index is 14.0. The number of aromatic nitrogens is 1. The number of nitriles is 1. The number of rotatable bonds is 6. The molecule has 36 heavy (non-hydrogen) atoms. The van der Waals surface area contributed by atoms with Gasteiger partial charge in [0.15, 0.2) is 6.29 Å². The zero-order valence-corrected chi connectivity index (χ0v) is 21.4. The largest absolute Gasteiger partial charge is 0.444 e. The predicted molar refractivity (Wildman–Crippen MR) is 132 cm³/mol. The highest BCUT2D eigenvalue weighted by Crippen LogP contribution is 2.36. The third-order valence-electron chi connectivity index (χ3n) is 6.07. The summed E-state index contributed by atoms with van der Waals surface area (Å²) < 4.78 is 31.5. The van der Waals surface area contributed by atoms with E-state index < -0.39 is 17.7 Å². The number of benzene rings is 1. The van der Waals surface area contributed by atoms with Crippen LogP contribution in [0.25, 0.3) is 0 Å². The molecule has 1 aromatic carbocycles. The van der Waals surface area contributed by atoms with E-state index in [1.165, 1.54) is 12.1 Å². The number of halogens is 2. The van der Waals surface area contributed by atoms with Crippen LogP contribution in [0.15, 0.2) is 36.5 Å². The van der Waals surface area contributed by atoms with E-state index in [1.807, 2.05) is 37.8 Å². The molecule has 2 saturated heterocycles. The first-order valence-corrected chi connectivity index (χ1v) is 12.2. The van der Waals surface area contributed by atoms with Crippen LogP contribution in [-0.2, 0) is 20.8 Å². The number of amides is 1. The lowest BCUT2D eigenvalue weighted by Crippen LogP contribution is -2.65. The van der Waals surface area contributed by atoms with E-state index in [2.05, 4.69) is 4.98 Å². The smallest absolute Gasteiger partial charge is 0.410 e. The quantitative estimate of drug-likeness (QED) is 0.547. The highest BCUT2D eigenvalue weighted by molar-refractivity contribution is 6.30. The summed E-state index contributed by atoms with van der Waals surface area (Å²) in [5.41, 5.74) is 1.14. The summed E-state index contributed by atoms with van der Waals surface area (Å²) in [7, 11) is 0. The van der Waals surface area contributed by atoms with Gasteiger partial charge in [-0.3, -0.25) is 0 Å². The molecule has 2 aliphatic heterocycles. The number of hydrogen-bond acceptors (Lipinski definition) is 7. The summed E-state index contributed by atoms with van der Waals surface area (Å²) in [6, 6.07) is 10.2. The van der Waals surface area contributed by atoms with Crippen molar-refractivity contribution in [3.05, 3.63) is 58.6 Å². The lowest BCUT2D eigenvalue weighted by molar-refractivity contribution is -0.254. The molecular formula is C26H30ClFN4O4. The topological polar surface area (TPSA) is 87.9 Å². The van der Waals surface area contributed by atoms with Crippen molar-refractivity contribution in [2.24, 2.45) is 5.41 Å². The molecule has 3 heterocycles. The van der Waals surface area contributed by atoms with E-state index in [4.69, 9.17) is 31.1 Å². The van der Waals surface area contributed by atoms with Crippen molar-refractivity contribution in [1.82, 2.24) is 9.88 Å². The second kappa shape index (κ2) is 10.6. The lowest BCUT2D eigenvalue weighted by Gasteiger charge is -2.52. The molecular weight excluding hydrogens is 487 g/mol. The van der Waals surface area contributed by atoms with Crippen LogP contribution in [0.1, 0.15) is 38.4 Å². The Hall–Kier alpha value is -2.93. The third-order valence-corrected chi connectivity index (χ3v) is 6.38. The van der Waals surface area contributed by atoms with Gasteiger partial charge < -0.3 is 24.0 Å². The molecule has 0 bridgehead atoms. The summed E-state index contributed by atoms with van der Waals surface area (Å²) in [4.78, 5) is 20.1. The third kappa shape index (κ3) is 6.44. The zero-order valence-electron chi connectivity index (χ0n) is 20.7. The van der Waals surface area contributed by atoms with Crippen LogP contribution in [-0.4, -0.2) is 60.7 Å². The highest BCUT2D eigenvalue weighted by Gasteiger charge is 2.49. The van der Waals surface area contributed by atoms with Gasteiger partial charge in [-0.05, 0) is 50.6 Å². The van der Waals surface area contributed by atoms with Crippen molar-refractivity contribution in [3.63, 3.8) is 0 Å². The molecule has 0 unspecified atom stereocenters. The van der Waals surface area contributed by atoms with E-state index >= 15 is 0 Å². The minimum Gasteiger partial charge on any atom is -0.444 e. The first-order valence-electron chi connectivity index (χ1n) is 11.8. The van der Waals surface area contributed by atoms with Crippen LogP contribution in [0.2, 0.25) is 5.02 Å². The molecule has 1 amide bonds. The molecule has 2 fully saturated rings. The molecule has 0 aliphatic carbocycles. The molecule has 1 aromatic heterocycles. The Morgan fingerprint density at radius 3 is 2.61 bits per heavy atom. The van der Waals surface area contributed by atoms with Crippen LogP contribution in [0.5, 0.6) is 0 Å². The van der Waals surface area contributed by atoms with Crippen LogP contribution in [0.3, 0.4) is 0 Å². The summed E-state index contributed by atoms with van der Waals surface area (Å²) in [6.07, 6.45) is 1.48. The Kier molecular flexibility index (Phi) is 7.69. The van der Waals surface area contributed by atoms with Crippen LogP contribution in [0, 0.1) is 22.6 Å². The van der Waals surface area contributed by atoms with Crippen LogP contribution >= 0.6 is 11.6 Å². The molecule has 0 saturated carbocycles. The summed E-state index contributed by atoms with van der Waals surface area (Å²) in [6.45, 7) is 8.59. The van der Waals surface area contributed by atoms with Gasteiger partial charge in [0.05, 0.1) is 35.5 Å². The average Bonchev–Trinajstić information content (AvgIpc) is 2.82. The molecule has 0 atom stereocenters. The van der Waals surface area contributed by atoms with Gasteiger partial charge >= 0.3 is 6.09 Å². The van der Waals surface area contributed by atoms with Gasteiger partial charge in [-0.2, -0.15) is 5.26 Å². The van der Waals surface area contributed by atoms with Crippen LogP contribution in [0.4, 0.5) is 14.9 Å². The average molecular weight is 517 g/mol. The minimum absolute atomic E-state index is 0.0736. The fraction of sp³-hybridized carbons (Fsp3) is 0.500. The minimum atomic E-state index is -0.529. The van der Waals surface area contributed by atoms with Crippen molar-refractivity contribution < 1.29 is 23.4 Å². The predicted octanol–water partition coefficient (Wildman–Crippen LogP) is 4.75. The van der Waals surface area contributed by atoms with Gasteiger partial charge in [0.25, 0.3) is 0 Å².